The van der Waals surface area contributed by atoms with Crippen LogP contribution in [0, 0.1) is 17.2 Å². The Hall–Kier alpha value is -0.350. The van der Waals surface area contributed by atoms with Crippen molar-refractivity contribution in [2.75, 3.05) is 6.54 Å². The first-order chi connectivity index (χ1) is 9.73. The molecule has 3 N–H and O–H groups in total. The molecule has 0 aliphatic heterocycles. The van der Waals surface area contributed by atoms with E-state index in [4.69, 9.17) is 28.9 Å². The molecule has 21 heavy (non-hydrogen) atoms. The largest absolute Gasteiger partial charge is 0.385 e. The van der Waals surface area contributed by atoms with Gasteiger partial charge in [-0.05, 0) is 37.8 Å². The van der Waals surface area contributed by atoms with Gasteiger partial charge < -0.3 is 10.8 Å². The van der Waals surface area contributed by atoms with Gasteiger partial charge in [0.15, 0.2) is 0 Å². The Kier molecular flexibility index (Phi) is 4.89. The summed E-state index contributed by atoms with van der Waals surface area (Å²) in [6, 6.07) is 2.58. The first-order valence-corrected chi connectivity index (χ1v) is 8.06. The van der Waals surface area contributed by atoms with Crippen LogP contribution in [-0.4, -0.2) is 11.7 Å². The molecular weight excluding hydrogens is 312 g/mol. The molecular formula is C16H22Cl2FNO. The minimum Gasteiger partial charge on any atom is -0.385 e. The van der Waals surface area contributed by atoms with Gasteiger partial charge in [0.05, 0.1) is 10.6 Å². The van der Waals surface area contributed by atoms with Gasteiger partial charge >= 0.3 is 0 Å². The predicted molar refractivity (Wildman–Crippen MR) is 85.1 cm³/mol. The minimum atomic E-state index is -1.29. The molecule has 0 bridgehead atoms. The molecule has 1 fully saturated rings. The van der Waals surface area contributed by atoms with E-state index in [1.807, 2.05) is 0 Å². The van der Waals surface area contributed by atoms with Gasteiger partial charge in [0, 0.05) is 22.5 Å². The van der Waals surface area contributed by atoms with Crippen molar-refractivity contribution < 1.29 is 9.50 Å². The fraction of sp³-hybridized carbons (Fsp3) is 0.625. The molecule has 3 unspecified atom stereocenters. The standard InChI is InChI=1S/C16H22Cl2FNO/c1-10-4-3-5-16(8-10,9-20)15(2,21)11-6-14(19)13(18)7-12(11)17/h6-7,10,21H,3-5,8-9,20H2,1-2H3. The molecule has 0 aromatic heterocycles. The quantitative estimate of drug-likeness (QED) is 0.800. The van der Waals surface area contributed by atoms with Crippen molar-refractivity contribution in [2.45, 2.75) is 45.1 Å². The third-order valence-electron chi connectivity index (χ3n) is 5.05. The molecule has 3 atom stereocenters. The van der Waals surface area contributed by atoms with Crippen LogP contribution < -0.4 is 5.73 Å². The van der Waals surface area contributed by atoms with Crippen LogP contribution in [0.2, 0.25) is 10.0 Å². The molecule has 0 spiro atoms. The third-order valence-corrected chi connectivity index (χ3v) is 5.65. The number of hydrogen-bond acceptors (Lipinski definition) is 2. The Morgan fingerprint density at radius 2 is 2.10 bits per heavy atom. The van der Waals surface area contributed by atoms with Crippen molar-refractivity contribution in [1.82, 2.24) is 0 Å². The van der Waals surface area contributed by atoms with Gasteiger partial charge in [-0.2, -0.15) is 0 Å². The number of halogens is 3. The summed E-state index contributed by atoms with van der Waals surface area (Å²) >= 11 is 12.0. The normalized spacial score (nSPS) is 29.2. The lowest BCUT2D eigenvalue weighted by atomic mass is 9.59. The summed E-state index contributed by atoms with van der Waals surface area (Å²) < 4.78 is 13.8. The SMILES string of the molecule is CC1CCCC(CN)(C(C)(O)c2cc(F)c(Cl)cc2Cl)C1. The molecule has 0 radical (unpaired) electrons. The summed E-state index contributed by atoms with van der Waals surface area (Å²) in [5.74, 6) is -0.0999. The van der Waals surface area contributed by atoms with Crippen LogP contribution in [0.5, 0.6) is 0 Å². The van der Waals surface area contributed by atoms with E-state index in [-0.39, 0.29) is 10.0 Å². The molecule has 0 amide bonds. The van der Waals surface area contributed by atoms with E-state index in [1.54, 1.807) is 6.92 Å². The third kappa shape index (κ3) is 2.94. The van der Waals surface area contributed by atoms with E-state index in [0.29, 0.717) is 18.0 Å². The molecule has 5 heteroatoms. The van der Waals surface area contributed by atoms with Crippen LogP contribution in [0.25, 0.3) is 0 Å². The van der Waals surface area contributed by atoms with Gasteiger partial charge in [-0.3, -0.25) is 0 Å². The molecule has 1 aliphatic rings. The van der Waals surface area contributed by atoms with Crippen LogP contribution >= 0.6 is 23.2 Å². The zero-order chi connectivity index (χ0) is 15.8. The summed E-state index contributed by atoms with van der Waals surface area (Å²) in [5.41, 5.74) is 4.60. The van der Waals surface area contributed by atoms with E-state index in [2.05, 4.69) is 6.92 Å². The summed E-state index contributed by atoms with van der Waals surface area (Å²) in [5, 5.41) is 11.4. The zero-order valence-electron chi connectivity index (χ0n) is 12.4. The number of aliphatic hydroxyl groups is 1. The highest BCUT2D eigenvalue weighted by Crippen LogP contribution is 2.52. The van der Waals surface area contributed by atoms with E-state index < -0.39 is 16.8 Å². The lowest BCUT2D eigenvalue weighted by Gasteiger charge is -2.49. The fourth-order valence-corrected chi connectivity index (χ4v) is 4.23. The zero-order valence-corrected chi connectivity index (χ0v) is 13.9. The lowest BCUT2D eigenvalue weighted by Crippen LogP contribution is -2.51. The van der Waals surface area contributed by atoms with Crippen molar-refractivity contribution in [1.29, 1.82) is 0 Å². The summed E-state index contributed by atoms with van der Waals surface area (Å²) in [6.45, 7) is 4.18. The number of hydrogen-bond donors (Lipinski definition) is 2. The topological polar surface area (TPSA) is 46.2 Å². The van der Waals surface area contributed by atoms with Crippen molar-refractivity contribution in [3.63, 3.8) is 0 Å². The second-order valence-corrected chi connectivity index (χ2v) is 7.32. The van der Waals surface area contributed by atoms with Gasteiger partial charge in [-0.15, -0.1) is 0 Å². The van der Waals surface area contributed by atoms with Crippen LogP contribution in [0.15, 0.2) is 12.1 Å². The molecule has 1 aromatic rings. The summed E-state index contributed by atoms with van der Waals surface area (Å²) in [7, 11) is 0. The number of benzene rings is 1. The molecule has 0 saturated heterocycles. The number of nitrogens with two attached hydrogens (primary N) is 1. The second-order valence-electron chi connectivity index (χ2n) is 6.50. The van der Waals surface area contributed by atoms with E-state index in [0.717, 1.165) is 25.7 Å². The molecule has 118 valence electrons. The van der Waals surface area contributed by atoms with E-state index in [1.165, 1.54) is 12.1 Å². The fourth-order valence-electron chi connectivity index (χ4n) is 3.67. The average Bonchev–Trinajstić information content (AvgIpc) is 2.42. The molecule has 1 saturated carbocycles. The maximum atomic E-state index is 13.8. The van der Waals surface area contributed by atoms with Crippen molar-refractivity contribution in [2.24, 2.45) is 17.1 Å². The van der Waals surface area contributed by atoms with Gasteiger partial charge in [-0.1, -0.05) is 43.0 Å². The highest BCUT2D eigenvalue weighted by Gasteiger charge is 2.50. The highest BCUT2D eigenvalue weighted by atomic mass is 35.5. The Labute approximate surface area is 135 Å². The van der Waals surface area contributed by atoms with Crippen molar-refractivity contribution in [3.8, 4) is 0 Å². The van der Waals surface area contributed by atoms with Gasteiger partial charge in [-0.25, -0.2) is 4.39 Å². The van der Waals surface area contributed by atoms with Crippen molar-refractivity contribution in [3.05, 3.63) is 33.6 Å². The maximum absolute atomic E-state index is 13.8. The Morgan fingerprint density at radius 3 is 2.67 bits per heavy atom. The predicted octanol–water partition coefficient (Wildman–Crippen LogP) is 4.50. The maximum Gasteiger partial charge on any atom is 0.142 e. The van der Waals surface area contributed by atoms with Gasteiger partial charge in [0.1, 0.15) is 5.82 Å². The van der Waals surface area contributed by atoms with E-state index in [9.17, 15) is 9.50 Å². The van der Waals surface area contributed by atoms with Crippen LogP contribution in [0.4, 0.5) is 4.39 Å². The molecule has 0 heterocycles. The monoisotopic (exact) mass is 333 g/mol. The molecule has 2 rings (SSSR count). The first-order valence-electron chi connectivity index (χ1n) is 7.31. The lowest BCUT2D eigenvalue weighted by molar-refractivity contribution is -0.101. The minimum absolute atomic E-state index is 0.0432. The number of rotatable bonds is 3. The highest BCUT2D eigenvalue weighted by molar-refractivity contribution is 6.35. The Balaban J connectivity index is 2.51. The van der Waals surface area contributed by atoms with Crippen LogP contribution in [-0.2, 0) is 5.60 Å². The average molecular weight is 334 g/mol. The van der Waals surface area contributed by atoms with Crippen LogP contribution in [0.1, 0.15) is 45.1 Å². The first kappa shape index (κ1) is 17.0. The van der Waals surface area contributed by atoms with Gasteiger partial charge in [0.2, 0.25) is 0 Å². The Morgan fingerprint density at radius 1 is 1.43 bits per heavy atom. The second kappa shape index (κ2) is 6.04. The molecule has 1 aromatic carbocycles. The Bertz CT molecular complexity index is 535. The smallest absolute Gasteiger partial charge is 0.142 e. The van der Waals surface area contributed by atoms with Crippen molar-refractivity contribution >= 4 is 23.2 Å². The van der Waals surface area contributed by atoms with Crippen LogP contribution in [0.3, 0.4) is 0 Å². The summed E-state index contributed by atoms with van der Waals surface area (Å²) in [4.78, 5) is 0. The van der Waals surface area contributed by atoms with Gasteiger partial charge in [0.25, 0.3) is 0 Å². The molecule has 2 nitrogen and oxygen atoms in total. The molecule has 1 aliphatic carbocycles. The van der Waals surface area contributed by atoms with E-state index >= 15 is 0 Å². The summed E-state index contributed by atoms with van der Waals surface area (Å²) in [6.07, 6.45) is 3.74.